The second-order valence-corrected chi connectivity index (χ2v) is 8.19. The van der Waals surface area contributed by atoms with Crippen molar-refractivity contribution in [3.05, 3.63) is 17.5 Å². The van der Waals surface area contributed by atoms with Gasteiger partial charge in [0.1, 0.15) is 5.60 Å². The number of rotatable bonds is 7. The lowest BCUT2D eigenvalue weighted by atomic mass is 9.90. The number of piperidine rings is 1. The highest BCUT2D eigenvalue weighted by Crippen LogP contribution is 2.26. The highest BCUT2D eigenvalue weighted by Gasteiger charge is 2.40. The number of aliphatic hydroxyl groups is 2. The molecule has 1 saturated heterocycles. The number of amides is 2. The first-order valence-corrected chi connectivity index (χ1v) is 10.0. The van der Waals surface area contributed by atoms with Gasteiger partial charge in [-0.1, -0.05) is 11.8 Å². The van der Waals surface area contributed by atoms with Crippen LogP contribution in [0.4, 0.5) is 0 Å². The van der Waals surface area contributed by atoms with Crippen molar-refractivity contribution in [1.29, 1.82) is 0 Å². The zero-order valence-corrected chi connectivity index (χ0v) is 16.9. The van der Waals surface area contributed by atoms with E-state index in [0.717, 1.165) is 11.4 Å². The first-order valence-electron chi connectivity index (χ1n) is 9.14. The molecule has 9 heteroatoms. The second-order valence-electron chi connectivity index (χ2n) is 6.88. The summed E-state index contributed by atoms with van der Waals surface area (Å²) < 4.78 is 0. The van der Waals surface area contributed by atoms with E-state index in [1.165, 1.54) is 11.8 Å². The van der Waals surface area contributed by atoms with Gasteiger partial charge in [-0.15, -0.1) is 0 Å². The van der Waals surface area contributed by atoms with Crippen molar-refractivity contribution < 1.29 is 19.8 Å². The van der Waals surface area contributed by atoms with Crippen LogP contribution in [0.25, 0.3) is 0 Å². The van der Waals surface area contributed by atoms with E-state index in [0.29, 0.717) is 31.2 Å². The molecule has 0 saturated carbocycles. The minimum atomic E-state index is -1.46. The molecule has 1 aromatic heterocycles. The monoisotopic (exact) mass is 396 g/mol. The number of aryl methyl sites for hydroxylation is 2. The third-order valence-electron chi connectivity index (χ3n) is 4.54. The number of thioether (sulfide) groups is 1. The highest BCUT2D eigenvalue weighted by atomic mass is 32.2. The molecule has 0 bridgehead atoms. The Bertz CT molecular complexity index is 657. The van der Waals surface area contributed by atoms with Crippen molar-refractivity contribution in [1.82, 2.24) is 20.2 Å². The predicted molar refractivity (Wildman–Crippen MR) is 102 cm³/mol. The average molecular weight is 397 g/mol. The van der Waals surface area contributed by atoms with Gasteiger partial charge in [-0.3, -0.25) is 9.59 Å². The topological polar surface area (TPSA) is 116 Å². The van der Waals surface area contributed by atoms with E-state index in [-0.39, 0.29) is 30.6 Å². The molecule has 3 N–H and O–H groups in total. The molecular formula is C18H28N4O4S. The number of likely N-dealkylation sites (tertiary alicyclic amines) is 1. The van der Waals surface area contributed by atoms with Gasteiger partial charge in [0.05, 0.1) is 5.25 Å². The molecule has 1 aromatic rings. The van der Waals surface area contributed by atoms with E-state index in [1.54, 1.807) is 4.90 Å². The van der Waals surface area contributed by atoms with Crippen LogP contribution in [0.5, 0.6) is 0 Å². The lowest BCUT2D eigenvalue weighted by molar-refractivity contribution is -0.149. The van der Waals surface area contributed by atoms with Crippen LogP contribution in [0.1, 0.15) is 37.6 Å². The number of carbonyl (C=O) groups is 2. The summed E-state index contributed by atoms with van der Waals surface area (Å²) >= 11 is 1.31. The van der Waals surface area contributed by atoms with Crippen LogP contribution in [0.15, 0.2) is 11.2 Å². The molecule has 1 unspecified atom stereocenters. The summed E-state index contributed by atoms with van der Waals surface area (Å²) in [4.78, 5) is 35.2. The molecule has 1 atom stereocenters. The van der Waals surface area contributed by atoms with Gasteiger partial charge in [0.2, 0.25) is 5.91 Å². The summed E-state index contributed by atoms with van der Waals surface area (Å²) in [6.45, 7) is 6.55. The number of aromatic nitrogens is 2. The van der Waals surface area contributed by atoms with Crippen LogP contribution >= 0.6 is 11.8 Å². The zero-order chi connectivity index (χ0) is 20.0. The van der Waals surface area contributed by atoms with Gasteiger partial charge >= 0.3 is 0 Å². The maximum atomic E-state index is 12.7. The van der Waals surface area contributed by atoms with Crippen molar-refractivity contribution in [2.24, 2.45) is 0 Å². The Hall–Kier alpha value is -1.71. The Morgan fingerprint density at radius 1 is 1.30 bits per heavy atom. The van der Waals surface area contributed by atoms with Gasteiger partial charge in [0.25, 0.3) is 5.91 Å². The summed E-state index contributed by atoms with van der Waals surface area (Å²) in [5.74, 6) is -0.486. The van der Waals surface area contributed by atoms with Gasteiger partial charge in [-0.25, -0.2) is 9.97 Å². The molecule has 150 valence electrons. The molecule has 2 heterocycles. The predicted octanol–water partition coefficient (Wildman–Crippen LogP) is 0.426. The minimum absolute atomic E-state index is 0.0132. The molecule has 0 aliphatic carbocycles. The molecule has 1 aliphatic heterocycles. The van der Waals surface area contributed by atoms with E-state index in [1.807, 2.05) is 26.8 Å². The first-order chi connectivity index (χ1) is 12.7. The second kappa shape index (κ2) is 9.48. The minimum Gasteiger partial charge on any atom is -0.396 e. The molecule has 8 nitrogen and oxygen atoms in total. The molecular weight excluding hydrogens is 368 g/mol. The number of nitrogens with one attached hydrogen (secondary N) is 1. The van der Waals surface area contributed by atoms with Crippen LogP contribution < -0.4 is 5.32 Å². The standard InChI is InChI=1S/C18H28N4O4S/c1-12-11-13(2)21-17(20-12)27-14(3)15(24)22-8-5-18(26,6-9-22)16(25)19-7-4-10-23/h11,14,23,26H,4-10H2,1-3H3,(H,19,25). The fourth-order valence-electron chi connectivity index (χ4n) is 2.98. The Balaban J connectivity index is 1.88. The maximum Gasteiger partial charge on any atom is 0.252 e. The summed E-state index contributed by atoms with van der Waals surface area (Å²) in [5.41, 5.74) is 0.263. The molecule has 1 aliphatic rings. The Morgan fingerprint density at radius 2 is 1.89 bits per heavy atom. The fourth-order valence-corrected chi connectivity index (χ4v) is 3.94. The fraction of sp³-hybridized carbons (Fsp3) is 0.667. The normalized spacial score (nSPS) is 17.4. The van der Waals surface area contributed by atoms with Crippen LogP contribution in [-0.4, -0.2) is 74.0 Å². The average Bonchev–Trinajstić information content (AvgIpc) is 2.61. The summed E-state index contributed by atoms with van der Waals surface area (Å²) in [6.07, 6.45) is 0.837. The van der Waals surface area contributed by atoms with E-state index in [2.05, 4.69) is 15.3 Å². The van der Waals surface area contributed by atoms with Crippen molar-refractivity contribution in [3.63, 3.8) is 0 Å². The van der Waals surface area contributed by atoms with Crippen LogP contribution in [0.2, 0.25) is 0 Å². The van der Waals surface area contributed by atoms with Crippen molar-refractivity contribution >= 4 is 23.6 Å². The molecule has 1 fully saturated rings. The van der Waals surface area contributed by atoms with E-state index < -0.39 is 11.5 Å². The highest BCUT2D eigenvalue weighted by molar-refractivity contribution is 8.00. The number of hydrogen-bond donors (Lipinski definition) is 3. The molecule has 27 heavy (non-hydrogen) atoms. The largest absolute Gasteiger partial charge is 0.396 e. The smallest absolute Gasteiger partial charge is 0.252 e. The maximum absolute atomic E-state index is 12.7. The summed E-state index contributed by atoms with van der Waals surface area (Å²) in [7, 11) is 0. The van der Waals surface area contributed by atoms with Gasteiger partial charge in [0, 0.05) is 50.5 Å². The van der Waals surface area contributed by atoms with Crippen molar-refractivity contribution in [2.75, 3.05) is 26.2 Å². The molecule has 0 aromatic carbocycles. The third-order valence-corrected chi connectivity index (χ3v) is 5.49. The first kappa shape index (κ1) is 21.6. The lowest BCUT2D eigenvalue weighted by Crippen LogP contribution is -2.55. The molecule has 2 amide bonds. The SMILES string of the molecule is Cc1cc(C)nc(SC(C)C(=O)N2CCC(O)(C(=O)NCCCO)CC2)n1. The summed E-state index contributed by atoms with van der Waals surface area (Å²) in [6, 6.07) is 1.88. The summed E-state index contributed by atoms with van der Waals surface area (Å²) in [5, 5.41) is 22.2. The quantitative estimate of drug-likeness (QED) is 0.348. The number of aliphatic hydroxyl groups excluding tert-OH is 1. The van der Waals surface area contributed by atoms with Gasteiger partial charge in [-0.05, 0) is 33.3 Å². The van der Waals surface area contributed by atoms with Gasteiger partial charge in [-0.2, -0.15) is 0 Å². The van der Waals surface area contributed by atoms with Crippen molar-refractivity contribution in [3.8, 4) is 0 Å². The molecule has 2 rings (SSSR count). The van der Waals surface area contributed by atoms with Crippen LogP contribution in [0, 0.1) is 13.8 Å². The van der Waals surface area contributed by atoms with E-state index >= 15 is 0 Å². The van der Waals surface area contributed by atoms with E-state index in [9.17, 15) is 14.7 Å². The number of hydrogen-bond acceptors (Lipinski definition) is 7. The number of carbonyl (C=O) groups excluding carboxylic acids is 2. The Kier molecular flexibility index (Phi) is 7.58. The molecule has 0 radical (unpaired) electrons. The lowest BCUT2D eigenvalue weighted by Gasteiger charge is -2.37. The van der Waals surface area contributed by atoms with Crippen LogP contribution in [0.3, 0.4) is 0 Å². The molecule has 0 spiro atoms. The van der Waals surface area contributed by atoms with Gasteiger partial charge < -0.3 is 20.4 Å². The Morgan fingerprint density at radius 3 is 2.44 bits per heavy atom. The van der Waals surface area contributed by atoms with Crippen LogP contribution in [-0.2, 0) is 9.59 Å². The van der Waals surface area contributed by atoms with Crippen molar-refractivity contribution in [2.45, 2.75) is 56.0 Å². The van der Waals surface area contributed by atoms with E-state index in [4.69, 9.17) is 5.11 Å². The Labute approximate surface area is 163 Å². The van der Waals surface area contributed by atoms with Gasteiger partial charge in [0.15, 0.2) is 5.16 Å². The zero-order valence-electron chi connectivity index (χ0n) is 16.1. The third kappa shape index (κ3) is 5.88. The number of nitrogens with zero attached hydrogens (tertiary/aromatic N) is 3.